The monoisotopic (exact) mass is 507 g/mol. The average molecular weight is 508 g/mol. The molecule has 1 heterocycles. The van der Waals surface area contributed by atoms with Gasteiger partial charge in [-0.1, -0.05) is 48.6 Å². The number of aliphatic imine (C=N–C) groups is 1. The van der Waals surface area contributed by atoms with E-state index in [9.17, 15) is 9.90 Å². The molecule has 1 fully saturated rings. The predicted octanol–water partition coefficient (Wildman–Crippen LogP) is 3.96. The van der Waals surface area contributed by atoms with Crippen molar-refractivity contribution in [1.82, 2.24) is 5.32 Å². The van der Waals surface area contributed by atoms with Gasteiger partial charge in [-0.25, -0.2) is 4.99 Å². The molecule has 0 radical (unpaired) electrons. The van der Waals surface area contributed by atoms with E-state index in [1.54, 1.807) is 42.5 Å². The van der Waals surface area contributed by atoms with E-state index >= 15 is 0 Å². The van der Waals surface area contributed by atoms with Crippen molar-refractivity contribution in [3.8, 4) is 5.75 Å². The molecule has 0 spiro atoms. The normalized spacial score (nSPS) is 20.3. The van der Waals surface area contributed by atoms with Crippen LogP contribution in [0.25, 0.3) is 10.4 Å². The van der Waals surface area contributed by atoms with Gasteiger partial charge < -0.3 is 25.0 Å². The number of rotatable bonds is 11. The highest BCUT2D eigenvalue weighted by Gasteiger charge is 2.45. The SMILES string of the molecule is [N-]=[N+]=Nc1ccccc1C[C@]1(C(=O)NCC2(O)CCCCC2)COC(c2ccc(OCCCO)cc2)=N1. The summed E-state index contributed by atoms with van der Waals surface area (Å²) in [5, 5.41) is 26.6. The molecule has 4 rings (SSSR count). The number of hydrogen-bond acceptors (Lipinski definition) is 7. The number of azide groups is 1. The zero-order valence-electron chi connectivity index (χ0n) is 20.8. The molecule has 2 aliphatic rings. The van der Waals surface area contributed by atoms with Gasteiger partial charge in [0.15, 0.2) is 5.54 Å². The molecule has 1 aliphatic carbocycles. The van der Waals surface area contributed by atoms with E-state index in [0.29, 0.717) is 54.3 Å². The number of carbonyl (C=O) groups excluding carboxylic acids is 1. The maximum atomic E-state index is 13.7. The number of aliphatic hydroxyl groups is 2. The summed E-state index contributed by atoms with van der Waals surface area (Å²) in [5.41, 5.74) is 8.57. The van der Waals surface area contributed by atoms with Crippen LogP contribution in [0.2, 0.25) is 0 Å². The fourth-order valence-corrected chi connectivity index (χ4v) is 4.75. The van der Waals surface area contributed by atoms with Crippen LogP contribution >= 0.6 is 0 Å². The lowest BCUT2D eigenvalue weighted by Gasteiger charge is -2.33. The predicted molar refractivity (Wildman–Crippen MR) is 139 cm³/mol. The average Bonchev–Trinajstić information content (AvgIpc) is 3.35. The van der Waals surface area contributed by atoms with Crippen molar-refractivity contribution >= 4 is 17.5 Å². The molecule has 2 aromatic rings. The summed E-state index contributed by atoms with van der Waals surface area (Å²) < 4.78 is 11.5. The van der Waals surface area contributed by atoms with Gasteiger partial charge in [0.05, 0.1) is 12.2 Å². The van der Waals surface area contributed by atoms with Gasteiger partial charge in [-0.15, -0.1) is 0 Å². The van der Waals surface area contributed by atoms with Gasteiger partial charge in [-0.05, 0) is 48.2 Å². The molecule has 196 valence electrons. The van der Waals surface area contributed by atoms with Gasteiger partial charge in [0, 0.05) is 42.2 Å². The van der Waals surface area contributed by atoms with Crippen molar-refractivity contribution in [3.63, 3.8) is 0 Å². The van der Waals surface area contributed by atoms with Crippen molar-refractivity contribution in [2.45, 2.75) is 56.1 Å². The Bertz CT molecular complexity index is 1160. The minimum atomic E-state index is -1.29. The van der Waals surface area contributed by atoms with Crippen LogP contribution in [0.3, 0.4) is 0 Å². The maximum absolute atomic E-state index is 13.7. The quantitative estimate of drug-likeness (QED) is 0.182. The molecular formula is C27H33N5O5. The summed E-state index contributed by atoms with van der Waals surface area (Å²) in [4.78, 5) is 21.3. The largest absolute Gasteiger partial charge is 0.494 e. The summed E-state index contributed by atoms with van der Waals surface area (Å²) in [6.07, 6.45) is 4.96. The topological polar surface area (TPSA) is 149 Å². The minimum Gasteiger partial charge on any atom is -0.494 e. The van der Waals surface area contributed by atoms with Crippen molar-refractivity contribution in [2.75, 3.05) is 26.4 Å². The summed E-state index contributed by atoms with van der Waals surface area (Å²) in [6, 6.07) is 14.3. The fourth-order valence-electron chi connectivity index (χ4n) is 4.75. The Kier molecular flexibility index (Phi) is 8.66. The van der Waals surface area contributed by atoms with Crippen LogP contribution in [0.4, 0.5) is 5.69 Å². The smallest absolute Gasteiger partial charge is 0.252 e. The Morgan fingerprint density at radius 1 is 1.16 bits per heavy atom. The van der Waals surface area contributed by atoms with E-state index in [4.69, 9.17) is 25.1 Å². The summed E-state index contributed by atoms with van der Waals surface area (Å²) in [6.45, 7) is 0.628. The van der Waals surface area contributed by atoms with Crippen LogP contribution in [0, 0.1) is 0 Å². The van der Waals surface area contributed by atoms with Crippen molar-refractivity contribution in [3.05, 3.63) is 70.1 Å². The lowest BCUT2D eigenvalue weighted by atomic mass is 9.84. The number of carbonyl (C=O) groups is 1. The first-order valence-electron chi connectivity index (χ1n) is 12.7. The molecule has 1 aliphatic heterocycles. The van der Waals surface area contributed by atoms with Gasteiger partial charge in [0.2, 0.25) is 5.90 Å². The lowest BCUT2D eigenvalue weighted by Crippen LogP contribution is -2.53. The molecule has 37 heavy (non-hydrogen) atoms. The van der Waals surface area contributed by atoms with Crippen molar-refractivity contribution in [2.24, 2.45) is 10.1 Å². The van der Waals surface area contributed by atoms with Crippen LogP contribution < -0.4 is 10.1 Å². The van der Waals surface area contributed by atoms with Crippen LogP contribution in [0.15, 0.2) is 58.6 Å². The molecular weight excluding hydrogens is 474 g/mol. The van der Waals surface area contributed by atoms with E-state index in [2.05, 4.69) is 15.3 Å². The Morgan fingerprint density at radius 2 is 1.92 bits per heavy atom. The molecule has 3 N–H and O–H groups in total. The molecule has 10 nitrogen and oxygen atoms in total. The number of benzene rings is 2. The number of aliphatic hydroxyl groups excluding tert-OH is 1. The number of ether oxygens (including phenoxy) is 2. The van der Waals surface area contributed by atoms with Gasteiger partial charge in [0.25, 0.3) is 5.91 Å². The molecule has 10 heteroatoms. The van der Waals surface area contributed by atoms with E-state index < -0.39 is 11.1 Å². The third-order valence-corrected chi connectivity index (χ3v) is 6.85. The van der Waals surface area contributed by atoms with Gasteiger partial charge in [-0.3, -0.25) is 4.79 Å². The third kappa shape index (κ3) is 6.60. The first-order valence-corrected chi connectivity index (χ1v) is 12.7. The Labute approximate surface area is 216 Å². The Balaban J connectivity index is 1.59. The number of hydrogen-bond donors (Lipinski definition) is 3. The maximum Gasteiger partial charge on any atom is 0.252 e. The van der Waals surface area contributed by atoms with Gasteiger partial charge >= 0.3 is 0 Å². The van der Waals surface area contributed by atoms with Crippen LogP contribution in [-0.2, 0) is 16.0 Å². The molecule has 0 bridgehead atoms. The van der Waals surface area contributed by atoms with Gasteiger partial charge in [0.1, 0.15) is 12.4 Å². The zero-order chi connectivity index (χ0) is 26.1. The molecule has 2 aromatic carbocycles. The van der Waals surface area contributed by atoms with E-state index in [1.807, 2.05) is 6.07 Å². The van der Waals surface area contributed by atoms with E-state index in [-0.39, 0.29) is 32.1 Å². The molecule has 1 amide bonds. The molecule has 0 aromatic heterocycles. The highest BCUT2D eigenvalue weighted by Crippen LogP contribution is 2.32. The third-order valence-electron chi connectivity index (χ3n) is 6.85. The second-order valence-electron chi connectivity index (χ2n) is 9.65. The highest BCUT2D eigenvalue weighted by atomic mass is 16.5. The number of amides is 1. The van der Waals surface area contributed by atoms with Crippen molar-refractivity contribution < 1.29 is 24.5 Å². The molecule has 1 atom stereocenters. The molecule has 1 saturated carbocycles. The highest BCUT2D eigenvalue weighted by molar-refractivity contribution is 6.00. The summed E-state index contributed by atoms with van der Waals surface area (Å²) in [7, 11) is 0. The standard InChI is InChI=1S/C27H33N5O5/c28-32-31-23-8-3-2-7-21(23)17-27(25(34)29-18-26(35)13-4-1-5-14-26)19-37-24(30-27)20-9-11-22(12-10-20)36-16-6-15-33/h2-3,7-12,33,35H,1,4-6,13-19H2,(H,29,34)/t27-/m1/s1. The fraction of sp³-hybridized carbons (Fsp3) is 0.481. The van der Waals surface area contributed by atoms with Gasteiger partial charge in [-0.2, -0.15) is 0 Å². The second-order valence-corrected chi connectivity index (χ2v) is 9.65. The van der Waals surface area contributed by atoms with E-state index in [1.165, 1.54) is 0 Å². The molecule has 0 unspecified atom stereocenters. The number of nitrogens with zero attached hydrogens (tertiary/aromatic N) is 4. The first-order chi connectivity index (χ1) is 18.0. The zero-order valence-corrected chi connectivity index (χ0v) is 20.8. The van der Waals surface area contributed by atoms with E-state index in [0.717, 1.165) is 19.3 Å². The minimum absolute atomic E-state index is 0.00590. The van der Waals surface area contributed by atoms with Crippen LogP contribution in [0.1, 0.15) is 49.7 Å². The van der Waals surface area contributed by atoms with Crippen LogP contribution in [-0.4, -0.2) is 59.5 Å². The molecule has 0 saturated heterocycles. The van der Waals surface area contributed by atoms with Crippen LogP contribution in [0.5, 0.6) is 5.75 Å². The lowest BCUT2D eigenvalue weighted by molar-refractivity contribution is -0.128. The Hall–Kier alpha value is -3.59. The first kappa shape index (κ1) is 26.5. The second kappa shape index (κ2) is 12.1. The Morgan fingerprint density at radius 3 is 2.65 bits per heavy atom. The number of nitrogens with one attached hydrogen (secondary N) is 1. The van der Waals surface area contributed by atoms with Crippen molar-refractivity contribution in [1.29, 1.82) is 0 Å². The summed E-state index contributed by atoms with van der Waals surface area (Å²) >= 11 is 0. The summed E-state index contributed by atoms with van der Waals surface area (Å²) in [5.74, 6) is 0.639.